The second-order valence-electron chi connectivity index (χ2n) is 5.07. The predicted molar refractivity (Wildman–Crippen MR) is 71.0 cm³/mol. The number of anilines is 1. The molecule has 0 radical (unpaired) electrons. The molecule has 0 amide bonds. The minimum absolute atomic E-state index is 0.298. The topological polar surface area (TPSA) is 63.4 Å². The van der Waals surface area contributed by atoms with Crippen LogP contribution in [0.3, 0.4) is 0 Å². The highest BCUT2D eigenvalue weighted by atomic mass is 32.2. The van der Waals surface area contributed by atoms with Gasteiger partial charge in [-0.05, 0) is 32.4 Å². The number of nitrogens with zero attached hydrogens (tertiary/aromatic N) is 1. The van der Waals surface area contributed by atoms with E-state index in [4.69, 9.17) is 5.73 Å². The van der Waals surface area contributed by atoms with Crippen LogP contribution < -0.4 is 5.73 Å². The minimum Gasteiger partial charge on any atom is -0.398 e. The number of rotatable bonds is 3. The standard InChI is InChI=1S/C12H20N2O2S/c1-12(2,3)17(15,16)14(4)9-10-7-5-6-8-11(10)13/h5-8H,9,13H2,1-4H3. The van der Waals surface area contributed by atoms with Gasteiger partial charge in [0.2, 0.25) is 10.0 Å². The van der Waals surface area contributed by atoms with Crippen LogP contribution in [0.25, 0.3) is 0 Å². The summed E-state index contributed by atoms with van der Waals surface area (Å²) in [6.45, 7) is 5.36. The predicted octanol–water partition coefficient (Wildman–Crippen LogP) is 1.83. The summed E-state index contributed by atoms with van der Waals surface area (Å²) in [7, 11) is -1.74. The van der Waals surface area contributed by atoms with Crippen LogP contribution in [0.15, 0.2) is 24.3 Å². The zero-order chi connectivity index (χ0) is 13.3. The molecule has 4 nitrogen and oxygen atoms in total. The molecule has 96 valence electrons. The van der Waals surface area contributed by atoms with E-state index >= 15 is 0 Å². The molecule has 0 fully saturated rings. The molecule has 0 atom stereocenters. The smallest absolute Gasteiger partial charge is 0.219 e. The van der Waals surface area contributed by atoms with E-state index in [1.807, 2.05) is 18.2 Å². The van der Waals surface area contributed by atoms with Crippen molar-refractivity contribution in [2.75, 3.05) is 12.8 Å². The Hall–Kier alpha value is -1.07. The van der Waals surface area contributed by atoms with E-state index in [1.165, 1.54) is 4.31 Å². The lowest BCUT2D eigenvalue weighted by molar-refractivity contribution is 0.442. The van der Waals surface area contributed by atoms with Gasteiger partial charge in [-0.3, -0.25) is 0 Å². The van der Waals surface area contributed by atoms with Gasteiger partial charge in [-0.2, -0.15) is 0 Å². The number of sulfonamides is 1. The van der Waals surface area contributed by atoms with Gasteiger partial charge in [0, 0.05) is 19.3 Å². The van der Waals surface area contributed by atoms with Gasteiger partial charge in [-0.1, -0.05) is 18.2 Å². The van der Waals surface area contributed by atoms with Crippen LogP contribution >= 0.6 is 0 Å². The first-order valence-corrected chi connectivity index (χ1v) is 6.89. The molecule has 0 bridgehead atoms. The Bertz CT molecular complexity index is 489. The van der Waals surface area contributed by atoms with Crippen molar-refractivity contribution in [3.8, 4) is 0 Å². The maximum atomic E-state index is 12.2. The summed E-state index contributed by atoms with van der Waals surface area (Å²) >= 11 is 0. The molecule has 0 saturated carbocycles. The molecule has 0 spiro atoms. The Kier molecular flexibility index (Phi) is 3.84. The summed E-state index contributed by atoms with van der Waals surface area (Å²) in [5.41, 5.74) is 7.24. The minimum atomic E-state index is -3.31. The third-order valence-electron chi connectivity index (χ3n) is 2.63. The van der Waals surface area contributed by atoms with Gasteiger partial charge in [0.1, 0.15) is 0 Å². The van der Waals surface area contributed by atoms with Gasteiger partial charge >= 0.3 is 0 Å². The van der Waals surface area contributed by atoms with Crippen molar-refractivity contribution >= 4 is 15.7 Å². The van der Waals surface area contributed by atoms with Crippen LogP contribution in [-0.2, 0) is 16.6 Å². The number of hydrogen-bond donors (Lipinski definition) is 1. The maximum Gasteiger partial charge on any atom is 0.219 e. The van der Waals surface area contributed by atoms with Gasteiger partial charge in [0.25, 0.3) is 0 Å². The largest absolute Gasteiger partial charge is 0.398 e. The molecular weight excluding hydrogens is 236 g/mol. The first-order chi connectivity index (χ1) is 7.66. The van der Waals surface area contributed by atoms with Crippen LogP contribution in [0.5, 0.6) is 0 Å². The number of nitrogen functional groups attached to an aromatic ring is 1. The number of benzene rings is 1. The number of hydrogen-bond acceptors (Lipinski definition) is 3. The van der Waals surface area contributed by atoms with Crippen molar-refractivity contribution in [3.05, 3.63) is 29.8 Å². The highest BCUT2D eigenvalue weighted by molar-refractivity contribution is 7.90. The van der Waals surface area contributed by atoms with Gasteiger partial charge in [0.05, 0.1) is 4.75 Å². The number of nitrogens with two attached hydrogens (primary N) is 1. The van der Waals surface area contributed by atoms with E-state index in [0.29, 0.717) is 12.2 Å². The van der Waals surface area contributed by atoms with Crippen LogP contribution in [0.2, 0.25) is 0 Å². The van der Waals surface area contributed by atoms with Crippen molar-refractivity contribution < 1.29 is 8.42 Å². The maximum absolute atomic E-state index is 12.2. The summed E-state index contributed by atoms with van der Waals surface area (Å²) in [5.74, 6) is 0. The summed E-state index contributed by atoms with van der Waals surface area (Å²) in [4.78, 5) is 0. The fourth-order valence-electron chi connectivity index (χ4n) is 1.47. The molecule has 0 aliphatic carbocycles. The van der Waals surface area contributed by atoms with Gasteiger partial charge in [-0.15, -0.1) is 0 Å². The molecule has 5 heteroatoms. The van der Waals surface area contributed by atoms with Crippen LogP contribution in [0.4, 0.5) is 5.69 Å². The van der Waals surface area contributed by atoms with Crippen molar-refractivity contribution in [1.82, 2.24) is 4.31 Å². The van der Waals surface area contributed by atoms with E-state index in [0.717, 1.165) is 5.56 Å². The molecule has 0 unspecified atom stereocenters. The van der Waals surface area contributed by atoms with Crippen molar-refractivity contribution in [1.29, 1.82) is 0 Å². The lowest BCUT2D eigenvalue weighted by Crippen LogP contribution is -2.40. The molecule has 0 aromatic heterocycles. The van der Waals surface area contributed by atoms with E-state index in [2.05, 4.69) is 0 Å². The summed E-state index contributed by atoms with van der Waals surface area (Å²) in [5, 5.41) is 0. The van der Waals surface area contributed by atoms with Crippen molar-refractivity contribution in [3.63, 3.8) is 0 Å². The van der Waals surface area contributed by atoms with E-state index in [9.17, 15) is 8.42 Å². The molecule has 0 saturated heterocycles. The van der Waals surface area contributed by atoms with Crippen molar-refractivity contribution in [2.45, 2.75) is 32.1 Å². The molecule has 1 aromatic rings. The molecule has 0 heterocycles. The van der Waals surface area contributed by atoms with E-state index < -0.39 is 14.8 Å². The molecule has 1 aromatic carbocycles. The molecule has 0 aliphatic heterocycles. The zero-order valence-corrected chi connectivity index (χ0v) is 11.6. The summed E-state index contributed by atoms with van der Waals surface area (Å²) in [6.07, 6.45) is 0. The van der Waals surface area contributed by atoms with Gasteiger partial charge in [0.15, 0.2) is 0 Å². The van der Waals surface area contributed by atoms with E-state index in [1.54, 1.807) is 33.9 Å². The monoisotopic (exact) mass is 256 g/mol. The molecular formula is C12H20N2O2S. The lowest BCUT2D eigenvalue weighted by atomic mass is 10.2. The second kappa shape index (κ2) is 4.66. The Morgan fingerprint density at radius 3 is 2.24 bits per heavy atom. The summed E-state index contributed by atoms with van der Waals surface area (Å²) in [6, 6.07) is 7.29. The van der Waals surface area contributed by atoms with Gasteiger partial charge in [-0.25, -0.2) is 12.7 Å². The van der Waals surface area contributed by atoms with E-state index in [-0.39, 0.29) is 0 Å². The fraction of sp³-hybridized carbons (Fsp3) is 0.500. The van der Waals surface area contributed by atoms with Gasteiger partial charge < -0.3 is 5.73 Å². The first kappa shape index (κ1) is 14.0. The normalized spacial score (nSPS) is 13.0. The zero-order valence-electron chi connectivity index (χ0n) is 10.8. The van der Waals surface area contributed by atoms with Crippen LogP contribution in [-0.4, -0.2) is 24.5 Å². The summed E-state index contributed by atoms with van der Waals surface area (Å²) < 4.78 is 24.9. The average Bonchev–Trinajstić information content (AvgIpc) is 2.19. The molecule has 17 heavy (non-hydrogen) atoms. The third kappa shape index (κ3) is 2.98. The molecule has 2 N–H and O–H groups in total. The Morgan fingerprint density at radius 2 is 1.76 bits per heavy atom. The highest BCUT2D eigenvalue weighted by Gasteiger charge is 2.33. The van der Waals surface area contributed by atoms with Crippen LogP contribution in [0, 0.1) is 0 Å². The average molecular weight is 256 g/mol. The number of para-hydroxylation sites is 1. The third-order valence-corrected chi connectivity index (χ3v) is 5.13. The van der Waals surface area contributed by atoms with Crippen LogP contribution in [0.1, 0.15) is 26.3 Å². The Balaban J connectivity index is 2.95. The lowest BCUT2D eigenvalue weighted by Gasteiger charge is -2.27. The molecule has 1 rings (SSSR count). The second-order valence-corrected chi connectivity index (χ2v) is 7.87. The molecule has 0 aliphatic rings. The highest BCUT2D eigenvalue weighted by Crippen LogP contribution is 2.22. The first-order valence-electron chi connectivity index (χ1n) is 5.45. The SMILES string of the molecule is CN(Cc1ccccc1N)S(=O)(=O)C(C)(C)C. The van der Waals surface area contributed by atoms with Crippen molar-refractivity contribution in [2.24, 2.45) is 0 Å². The quantitative estimate of drug-likeness (QED) is 0.839. The fourth-order valence-corrected chi connectivity index (χ4v) is 2.71. The Labute approximate surface area is 103 Å². The Morgan fingerprint density at radius 1 is 1.24 bits per heavy atom.